The van der Waals surface area contributed by atoms with Gasteiger partial charge < -0.3 is 4.74 Å². The van der Waals surface area contributed by atoms with Crippen LogP contribution in [0.15, 0.2) is 47.6 Å². The van der Waals surface area contributed by atoms with Crippen molar-refractivity contribution in [2.45, 2.75) is 6.92 Å². The Morgan fingerprint density at radius 2 is 1.96 bits per heavy atom. The van der Waals surface area contributed by atoms with Gasteiger partial charge >= 0.3 is 0 Å². The minimum absolute atomic E-state index is 0.197. The monoisotopic (exact) mass is 361 g/mol. The van der Waals surface area contributed by atoms with Crippen LogP contribution in [-0.2, 0) is 4.79 Å². The van der Waals surface area contributed by atoms with Gasteiger partial charge in [-0.3, -0.25) is 4.79 Å². The number of hydrogen-bond donors (Lipinski definition) is 1. The van der Waals surface area contributed by atoms with E-state index in [1.807, 2.05) is 6.07 Å². The van der Waals surface area contributed by atoms with Gasteiger partial charge in [0, 0.05) is 10.6 Å². The number of nitrogens with one attached hydrogen (secondary N) is 1. The van der Waals surface area contributed by atoms with E-state index in [1.54, 1.807) is 49.4 Å². The van der Waals surface area contributed by atoms with Gasteiger partial charge in [-0.05, 0) is 43.3 Å². The van der Waals surface area contributed by atoms with Crippen LogP contribution in [0.25, 0.3) is 0 Å². The molecule has 0 aliphatic heterocycles. The Bertz CT molecular complexity index is 812. The van der Waals surface area contributed by atoms with Gasteiger partial charge in [-0.2, -0.15) is 10.4 Å². The van der Waals surface area contributed by atoms with Crippen molar-refractivity contribution in [1.29, 1.82) is 5.26 Å². The highest BCUT2D eigenvalue weighted by Gasteiger charge is 2.06. The lowest BCUT2D eigenvalue weighted by atomic mass is 10.1. The Kier molecular flexibility index (Phi) is 6.19. The highest BCUT2D eigenvalue weighted by atomic mass is 35.5. The Morgan fingerprint density at radius 3 is 2.58 bits per heavy atom. The maximum Gasteiger partial charge on any atom is 0.277 e. The van der Waals surface area contributed by atoms with Crippen molar-refractivity contribution >= 4 is 34.8 Å². The van der Waals surface area contributed by atoms with E-state index < -0.39 is 5.91 Å². The lowest BCUT2D eigenvalue weighted by molar-refractivity contribution is -0.123. The van der Waals surface area contributed by atoms with Gasteiger partial charge in [0.05, 0.1) is 22.4 Å². The summed E-state index contributed by atoms with van der Waals surface area (Å²) in [5.41, 5.74) is 4.14. The molecular formula is C17H13Cl2N3O2. The van der Waals surface area contributed by atoms with Crippen molar-refractivity contribution < 1.29 is 9.53 Å². The fourth-order valence-electron chi connectivity index (χ4n) is 1.80. The van der Waals surface area contributed by atoms with E-state index in [4.69, 9.17) is 33.2 Å². The normalized spacial score (nSPS) is 10.8. The first-order valence-electron chi connectivity index (χ1n) is 6.91. The number of ether oxygens (including phenoxy) is 1. The van der Waals surface area contributed by atoms with Crippen LogP contribution >= 0.6 is 23.2 Å². The average molecular weight is 362 g/mol. The van der Waals surface area contributed by atoms with E-state index >= 15 is 0 Å². The highest BCUT2D eigenvalue weighted by Crippen LogP contribution is 2.21. The predicted molar refractivity (Wildman–Crippen MR) is 93.5 cm³/mol. The molecule has 0 unspecified atom stereocenters. The third-order valence-electron chi connectivity index (χ3n) is 3.02. The first kappa shape index (κ1) is 17.8. The molecule has 1 amide bonds. The molecule has 2 rings (SSSR count). The van der Waals surface area contributed by atoms with E-state index in [0.717, 1.165) is 0 Å². The van der Waals surface area contributed by atoms with E-state index in [-0.39, 0.29) is 6.61 Å². The molecule has 0 heterocycles. The molecule has 2 aromatic carbocycles. The molecule has 0 spiro atoms. The molecule has 2 aromatic rings. The second-order valence-corrected chi connectivity index (χ2v) is 5.62. The van der Waals surface area contributed by atoms with Gasteiger partial charge in [0.15, 0.2) is 6.61 Å². The quantitative estimate of drug-likeness (QED) is 0.650. The number of nitrogens with zero attached hydrogens (tertiary/aromatic N) is 2. The topological polar surface area (TPSA) is 74.5 Å². The lowest BCUT2D eigenvalue weighted by Gasteiger charge is -2.07. The Balaban J connectivity index is 1.90. The van der Waals surface area contributed by atoms with Gasteiger partial charge in [-0.1, -0.05) is 29.3 Å². The summed E-state index contributed by atoms with van der Waals surface area (Å²) in [6.07, 6.45) is 0. The van der Waals surface area contributed by atoms with E-state index in [1.165, 1.54) is 0 Å². The number of halogens is 2. The van der Waals surface area contributed by atoms with Gasteiger partial charge in [0.25, 0.3) is 5.91 Å². The van der Waals surface area contributed by atoms with Crippen LogP contribution in [0.1, 0.15) is 18.1 Å². The molecule has 0 fully saturated rings. The number of benzene rings is 2. The van der Waals surface area contributed by atoms with Gasteiger partial charge in [0.1, 0.15) is 5.75 Å². The zero-order valence-corrected chi connectivity index (χ0v) is 14.2. The largest absolute Gasteiger partial charge is 0.484 e. The third-order valence-corrected chi connectivity index (χ3v) is 3.57. The Hall–Kier alpha value is -2.55. The van der Waals surface area contributed by atoms with Gasteiger partial charge in [-0.15, -0.1) is 0 Å². The van der Waals surface area contributed by atoms with Crippen molar-refractivity contribution in [2.24, 2.45) is 5.10 Å². The van der Waals surface area contributed by atoms with Crippen molar-refractivity contribution in [3.05, 3.63) is 63.6 Å². The summed E-state index contributed by atoms with van der Waals surface area (Å²) in [6.45, 7) is 1.52. The highest BCUT2D eigenvalue weighted by molar-refractivity contribution is 6.37. The standard InChI is InChI=1S/C17H13Cl2N3O2/c1-11(15-7-4-13(18)8-16(15)19)21-22-17(23)10-24-14-5-2-12(9-20)3-6-14/h2-8H,10H2,1H3,(H,22,23)/b21-11+. The lowest BCUT2D eigenvalue weighted by Crippen LogP contribution is -2.25. The fourth-order valence-corrected chi connectivity index (χ4v) is 2.34. The zero-order chi connectivity index (χ0) is 17.5. The summed E-state index contributed by atoms with van der Waals surface area (Å²) in [5, 5.41) is 13.7. The first-order chi connectivity index (χ1) is 11.5. The maximum atomic E-state index is 11.8. The van der Waals surface area contributed by atoms with Crippen LogP contribution in [0.3, 0.4) is 0 Å². The summed E-state index contributed by atoms with van der Waals surface area (Å²) in [5.74, 6) is 0.0781. The molecule has 122 valence electrons. The average Bonchev–Trinajstić information content (AvgIpc) is 2.58. The third kappa shape index (κ3) is 4.98. The summed E-state index contributed by atoms with van der Waals surface area (Å²) in [4.78, 5) is 11.8. The maximum absolute atomic E-state index is 11.8. The smallest absolute Gasteiger partial charge is 0.277 e. The van der Waals surface area contributed by atoms with Crippen molar-refractivity contribution in [3.8, 4) is 11.8 Å². The molecule has 0 atom stereocenters. The summed E-state index contributed by atoms with van der Waals surface area (Å²) in [7, 11) is 0. The number of rotatable bonds is 5. The molecule has 0 aliphatic rings. The fraction of sp³-hybridized carbons (Fsp3) is 0.118. The first-order valence-corrected chi connectivity index (χ1v) is 7.66. The number of hydrazone groups is 1. The van der Waals surface area contributed by atoms with Crippen LogP contribution in [0, 0.1) is 11.3 Å². The zero-order valence-electron chi connectivity index (χ0n) is 12.7. The molecule has 0 bridgehead atoms. The number of nitriles is 1. The summed E-state index contributed by atoms with van der Waals surface area (Å²) in [6, 6.07) is 13.5. The minimum Gasteiger partial charge on any atom is -0.484 e. The second kappa shape index (κ2) is 8.34. The Morgan fingerprint density at radius 1 is 1.25 bits per heavy atom. The molecule has 7 heteroatoms. The number of amides is 1. The van der Waals surface area contributed by atoms with E-state index in [9.17, 15) is 4.79 Å². The predicted octanol–water partition coefficient (Wildman–Crippen LogP) is 3.78. The molecular weight excluding hydrogens is 349 g/mol. The SMILES string of the molecule is C/C(=N\NC(=O)COc1ccc(C#N)cc1)c1ccc(Cl)cc1Cl. The molecule has 1 N–H and O–H groups in total. The second-order valence-electron chi connectivity index (χ2n) is 4.78. The molecule has 0 aromatic heterocycles. The van der Waals surface area contributed by atoms with Crippen molar-refractivity contribution in [3.63, 3.8) is 0 Å². The van der Waals surface area contributed by atoms with Crippen LogP contribution in [0.4, 0.5) is 0 Å². The van der Waals surface area contributed by atoms with Crippen LogP contribution in [0.2, 0.25) is 10.0 Å². The molecule has 5 nitrogen and oxygen atoms in total. The van der Waals surface area contributed by atoms with Crippen LogP contribution < -0.4 is 10.2 Å². The number of carbonyl (C=O) groups is 1. The Labute approximate surface area is 149 Å². The number of carbonyl (C=O) groups excluding carboxylic acids is 1. The summed E-state index contributed by atoms with van der Waals surface area (Å²) >= 11 is 11.9. The van der Waals surface area contributed by atoms with Crippen LogP contribution in [0.5, 0.6) is 5.75 Å². The molecule has 0 aliphatic carbocycles. The van der Waals surface area contributed by atoms with E-state index in [2.05, 4.69) is 10.5 Å². The van der Waals surface area contributed by atoms with E-state index in [0.29, 0.717) is 32.6 Å². The van der Waals surface area contributed by atoms with Gasteiger partial charge in [-0.25, -0.2) is 5.43 Å². The molecule has 24 heavy (non-hydrogen) atoms. The summed E-state index contributed by atoms with van der Waals surface area (Å²) < 4.78 is 5.31. The van der Waals surface area contributed by atoms with Crippen molar-refractivity contribution in [2.75, 3.05) is 6.61 Å². The van der Waals surface area contributed by atoms with Gasteiger partial charge in [0.2, 0.25) is 0 Å². The number of hydrogen-bond acceptors (Lipinski definition) is 4. The van der Waals surface area contributed by atoms with Crippen molar-refractivity contribution in [1.82, 2.24) is 5.43 Å². The minimum atomic E-state index is -0.413. The molecule has 0 radical (unpaired) electrons. The molecule has 0 saturated heterocycles. The molecule has 0 saturated carbocycles. The van der Waals surface area contributed by atoms with Crippen LogP contribution in [-0.4, -0.2) is 18.2 Å².